The Hall–Kier alpha value is -3.58. The first-order valence-electron chi connectivity index (χ1n) is 10.3. The SMILES string of the molecule is Cc1ccc2c(CSc3nnc(COc4cccc5ccccc45)o3)cc(=O)[nH]c2c1C. The van der Waals surface area contributed by atoms with E-state index in [-0.39, 0.29) is 12.2 Å². The molecule has 7 heteroatoms. The van der Waals surface area contributed by atoms with Gasteiger partial charge in [0.05, 0.1) is 5.52 Å². The van der Waals surface area contributed by atoms with Crippen LogP contribution >= 0.6 is 11.8 Å². The van der Waals surface area contributed by atoms with E-state index in [0.29, 0.717) is 16.9 Å². The second-order valence-corrected chi connectivity index (χ2v) is 8.53. The van der Waals surface area contributed by atoms with Gasteiger partial charge >= 0.3 is 0 Å². The van der Waals surface area contributed by atoms with Gasteiger partial charge in [0.25, 0.3) is 11.1 Å². The van der Waals surface area contributed by atoms with Crippen molar-refractivity contribution >= 4 is 33.4 Å². The Morgan fingerprint density at radius 1 is 1.00 bits per heavy atom. The van der Waals surface area contributed by atoms with Crippen molar-refractivity contribution in [1.29, 1.82) is 0 Å². The Labute approximate surface area is 188 Å². The number of fused-ring (bicyclic) bond motifs is 2. The highest BCUT2D eigenvalue weighted by atomic mass is 32.2. The third kappa shape index (κ3) is 3.99. The normalized spacial score (nSPS) is 11.3. The molecule has 0 unspecified atom stereocenters. The van der Waals surface area contributed by atoms with Crippen molar-refractivity contribution in [3.8, 4) is 5.75 Å². The molecule has 0 fully saturated rings. The Bertz CT molecular complexity index is 1480. The average Bonchev–Trinajstić information content (AvgIpc) is 3.26. The minimum absolute atomic E-state index is 0.114. The van der Waals surface area contributed by atoms with Crippen molar-refractivity contribution in [2.75, 3.05) is 0 Å². The lowest BCUT2D eigenvalue weighted by Crippen LogP contribution is -2.07. The minimum Gasteiger partial charge on any atom is -0.483 e. The number of thioether (sulfide) groups is 1. The maximum Gasteiger partial charge on any atom is 0.277 e. The number of nitrogens with zero attached hydrogens (tertiary/aromatic N) is 2. The molecule has 6 nitrogen and oxygen atoms in total. The zero-order valence-electron chi connectivity index (χ0n) is 17.7. The van der Waals surface area contributed by atoms with Crippen LogP contribution in [-0.4, -0.2) is 15.2 Å². The number of rotatable bonds is 6. The highest BCUT2D eigenvalue weighted by Crippen LogP contribution is 2.28. The van der Waals surface area contributed by atoms with Crippen molar-refractivity contribution in [2.24, 2.45) is 0 Å². The molecular formula is C25H21N3O3S. The Balaban J connectivity index is 1.30. The predicted molar refractivity (Wildman–Crippen MR) is 126 cm³/mol. The van der Waals surface area contributed by atoms with Gasteiger partial charge in [0.15, 0.2) is 6.61 Å². The van der Waals surface area contributed by atoms with Gasteiger partial charge in [0.2, 0.25) is 5.56 Å². The first-order chi connectivity index (χ1) is 15.6. The number of hydrogen-bond acceptors (Lipinski definition) is 6. The molecule has 32 heavy (non-hydrogen) atoms. The van der Waals surface area contributed by atoms with Crippen LogP contribution < -0.4 is 10.3 Å². The van der Waals surface area contributed by atoms with Crippen molar-refractivity contribution < 1.29 is 9.15 Å². The van der Waals surface area contributed by atoms with Crippen LogP contribution in [-0.2, 0) is 12.4 Å². The highest BCUT2D eigenvalue weighted by Gasteiger charge is 2.12. The third-order valence-corrected chi connectivity index (χ3v) is 6.40. The van der Waals surface area contributed by atoms with Gasteiger partial charge in [-0.05, 0) is 42.0 Å². The van der Waals surface area contributed by atoms with E-state index in [2.05, 4.69) is 21.2 Å². The van der Waals surface area contributed by atoms with Gasteiger partial charge in [-0.3, -0.25) is 4.79 Å². The number of aryl methyl sites for hydroxylation is 2. The molecule has 160 valence electrons. The van der Waals surface area contributed by atoms with E-state index in [9.17, 15) is 4.79 Å². The number of ether oxygens (including phenoxy) is 1. The molecule has 0 aliphatic heterocycles. The quantitative estimate of drug-likeness (QED) is 0.347. The van der Waals surface area contributed by atoms with E-state index < -0.39 is 0 Å². The summed E-state index contributed by atoms with van der Waals surface area (Å²) in [5.74, 6) is 1.73. The minimum atomic E-state index is -0.114. The van der Waals surface area contributed by atoms with Crippen LogP contribution in [0.2, 0.25) is 0 Å². The molecule has 2 aromatic heterocycles. The molecule has 2 heterocycles. The first kappa shape index (κ1) is 20.3. The molecule has 0 aliphatic carbocycles. The average molecular weight is 444 g/mol. The maximum absolute atomic E-state index is 12.2. The lowest BCUT2D eigenvalue weighted by molar-refractivity contribution is 0.254. The topological polar surface area (TPSA) is 81.0 Å². The van der Waals surface area contributed by atoms with Crippen molar-refractivity contribution in [3.05, 3.63) is 93.6 Å². The summed E-state index contributed by atoms with van der Waals surface area (Å²) in [6.07, 6.45) is 0. The highest BCUT2D eigenvalue weighted by molar-refractivity contribution is 7.98. The largest absolute Gasteiger partial charge is 0.483 e. The van der Waals surface area contributed by atoms with Gasteiger partial charge < -0.3 is 14.1 Å². The lowest BCUT2D eigenvalue weighted by Gasteiger charge is -2.09. The molecule has 0 amide bonds. The molecule has 3 aromatic carbocycles. The third-order valence-electron chi connectivity index (χ3n) is 5.54. The summed E-state index contributed by atoms with van der Waals surface area (Å²) in [4.78, 5) is 15.1. The number of hydrogen-bond donors (Lipinski definition) is 1. The zero-order chi connectivity index (χ0) is 22.1. The van der Waals surface area contributed by atoms with Gasteiger partial charge in [-0.15, -0.1) is 10.2 Å². The van der Waals surface area contributed by atoms with Crippen molar-refractivity contribution in [1.82, 2.24) is 15.2 Å². The Kier molecular flexibility index (Phi) is 5.41. The van der Waals surface area contributed by atoms with Crippen LogP contribution in [0.5, 0.6) is 5.75 Å². The molecule has 5 rings (SSSR count). The number of benzene rings is 3. The van der Waals surface area contributed by atoms with Crippen molar-refractivity contribution in [2.45, 2.75) is 31.4 Å². The van der Waals surface area contributed by atoms with Crippen LogP contribution in [0.4, 0.5) is 0 Å². The monoisotopic (exact) mass is 443 g/mol. The van der Waals surface area contributed by atoms with Crippen LogP contribution in [0.1, 0.15) is 22.6 Å². The Morgan fingerprint density at radius 2 is 1.84 bits per heavy atom. The molecule has 0 saturated heterocycles. The van der Waals surface area contributed by atoms with Crippen LogP contribution in [0.3, 0.4) is 0 Å². The van der Waals surface area contributed by atoms with E-state index >= 15 is 0 Å². The molecule has 0 spiro atoms. The summed E-state index contributed by atoms with van der Waals surface area (Å²) in [5.41, 5.74) is 3.92. The van der Waals surface area contributed by atoms with E-state index in [1.807, 2.05) is 62.4 Å². The molecule has 0 saturated carbocycles. The second kappa shape index (κ2) is 8.51. The summed E-state index contributed by atoms with van der Waals surface area (Å²) in [6.45, 7) is 4.24. The predicted octanol–water partition coefficient (Wildman–Crippen LogP) is 5.55. The fourth-order valence-electron chi connectivity index (χ4n) is 3.71. The van der Waals surface area contributed by atoms with E-state index in [1.165, 1.54) is 11.8 Å². The van der Waals surface area contributed by atoms with Gasteiger partial charge in [0, 0.05) is 22.6 Å². The van der Waals surface area contributed by atoms with E-state index in [4.69, 9.17) is 9.15 Å². The fourth-order valence-corrected chi connectivity index (χ4v) is 4.49. The van der Waals surface area contributed by atoms with Crippen molar-refractivity contribution in [3.63, 3.8) is 0 Å². The van der Waals surface area contributed by atoms with E-state index in [1.54, 1.807) is 6.07 Å². The van der Waals surface area contributed by atoms with Crippen LogP contribution in [0, 0.1) is 13.8 Å². The summed E-state index contributed by atoms with van der Waals surface area (Å²) < 4.78 is 11.7. The van der Waals surface area contributed by atoms with Gasteiger partial charge in [0.1, 0.15) is 5.75 Å². The Morgan fingerprint density at radius 3 is 2.75 bits per heavy atom. The standard InChI is InChI=1S/C25H21N3O3S/c1-15-10-11-20-18(12-22(29)26-24(20)16(15)2)14-32-25-28-27-23(31-25)13-30-21-9-5-7-17-6-3-4-8-19(17)21/h3-12H,13-14H2,1-2H3,(H,26,29). The molecule has 0 aliphatic rings. The molecule has 0 atom stereocenters. The summed E-state index contributed by atoms with van der Waals surface area (Å²) in [7, 11) is 0. The molecular weight excluding hydrogens is 422 g/mol. The summed E-state index contributed by atoms with van der Waals surface area (Å²) in [5, 5.41) is 11.8. The second-order valence-electron chi connectivity index (χ2n) is 7.61. The fraction of sp³-hybridized carbons (Fsp3) is 0.160. The van der Waals surface area contributed by atoms with Gasteiger partial charge in [-0.1, -0.05) is 60.3 Å². The zero-order valence-corrected chi connectivity index (χ0v) is 18.5. The molecule has 0 bridgehead atoms. The number of aromatic nitrogens is 3. The maximum atomic E-state index is 12.2. The van der Waals surface area contributed by atoms with Crippen LogP contribution in [0.15, 0.2) is 75.1 Å². The van der Waals surface area contributed by atoms with Gasteiger partial charge in [-0.2, -0.15) is 0 Å². The first-order valence-corrected chi connectivity index (χ1v) is 11.2. The number of H-pyrrole nitrogens is 1. The number of pyridine rings is 1. The molecule has 0 radical (unpaired) electrons. The number of aromatic amines is 1. The number of nitrogens with one attached hydrogen (secondary N) is 1. The summed E-state index contributed by atoms with van der Waals surface area (Å²) >= 11 is 1.40. The lowest BCUT2D eigenvalue weighted by atomic mass is 10.0. The molecule has 1 N–H and O–H groups in total. The smallest absolute Gasteiger partial charge is 0.277 e. The summed E-state index contributed by atoms with van der Waals surface area (Å²) in [6, 6.07) is 19.7. The molecule has 5 aromatic rings. The van der Waals surface area contributed by atoms with E-state index in [0.717, 1.165) is 44.1 Å². The van der Waals surface area contributed by atoms with Crippen LogP contribution in [0.25, 0.3) is 21.7 Å². The van der Waals surface area contributed by atoms with Gasteiger partial charge in [-0.25, -0.2) is 0 Å².